The first-order chi connectivity index (χ1) is 9.75. The van der Waals surface area contributed by atoms with E-state index < -0.39 is 15.3 Å². The third-order valence-electron chi connectivity index (χ3n) is 3.81. The Hall–Kier alpha value is -1.07. The van der Waals surface area contributed by atoms with Crippen molar-refractivity contribution >= 4 is 27.4 Å². The Kier molecular flexibility index (Phi) is 4.63. The van der Waals surface area contributed by atoms with Crippen molar-refractivity contribution in [2.45, 2.75) is 31.9 Å². The van der Waals surface area contributed by atoms with Crippen molar-refractivity contribution in [3.05, 3.63) is 34.3 Å². The molecule has 6 heteroatoms. The summed E-state index contributed by atoms with van der Waals surface area (Å²) in [6.07, 6.45) is 1.68. The largest absolute Gasteiger partial charge is 0.469 e. The summed E-state index contributed by atoms with van der Waals surface area (Å²) in [4.78, 5) is 11.4. The van der Waals surface area contributed by atoms with Crippen molar-refractivity contribution in [2.24, 2.45) is 5.41 Å². The monoisotopic (exact) mass is 330 g/mol. The first kappa shape index (κ1) is 16.3. The van der Waals surface area contributed by atoms with E-state index in [1.165, 1.54) is 7.11 Å². The highest BCUT2D eigenvalue weighted by Crippen LogP contribution is 2.50. The normalized spacial score (nSPS) is 16.5. The molecule has 1 aliphatic carbocycles. The standard InChI is InChI=1S/C15H19ClO4S/c1-11-3-4-12(13(16)7-11)9-21(18,19)10-15(5-6-15)8-14(17)20-2/h3-4,7H,5-6,8-10H2,1-2H3. The fraction of sp³-hybridized carbons (Fsp3) is 0.533. The number of esters is 1. The molecule has 21 heavy (non-hydrogen) atoms. The van der Waals surface area contributed by atoms with Crippen molar-refractivity contribution < 1.29 is 17.9 Å². The van der Waals surface area contributed by atoms with Crippen LogP contribution in [0.1, 0.15) is 30.4 Å². The average Bonchev–Trinajstić information content (AvgIpc) is 3.11. The lowest BCUT2D eigenvalue weighted by Gasteiger charge is -2.14. The summed E-state index contributed by atoms with van der Waals surface area (Å²) in [6.45, 7) is 1.90. The van der Waals surface area contributed by atoms with Crippen molar-refractivity contribution in [1.29, 1.82) is 0 Å². The second-order valence-corrected chi connectivity index (χ2v) is 8.35. The van der Waals surface area contributed by atoms with Crippen LogP contribution in [-0.4, -0.2) is 27.2 Å². The van der Waals surface area contributed by atoms with E-state index >= 15 is 0 Å². The highest BCUT2D eigenvalue weighted by atomic mass is 35.5. The molecular weight excluding hydrogens is 312 g/mol. The van der Waals surface area contributed by atoms with Crippen LogP contribution in [0.25, 0.3) is 0 Å². The molecule has 0 amide bonds. The minimum absolute atomic E-state index is 0.0132. The van der Waals surface area contributed by atoms with Crippen molar-refractivity contribution in [1.82, 2.24) is 0 Å². The molecular formula is C15H19ClO4S. The van der Waals surface area contributed by atoms with Crippen LogP contribution < -0.4 is 0 Å². The number of hydrogen-bond donors (Lipinski definition) is 0. The molecule has 2 rings (SSSR count). The zero-order valence-corrected chi connectivity index (χ0v) is 13.8. The highest BCUT2D eigenvalue weighted by Gasteiger charge is 2.47. The SMILES string of the molecule is COC(=O)CC1(CS(=O)(=O)Cc2ccc(C)cc2Cl)CC1. The Morgan fingerprint density at radius 2 is 2.05 bits per heavy atom. The summed E-state index contributed by atoms with van der Waals surface area (Å²) < 4.78 is 29.3. The number of benzene rings is 1. The molecule has 1 aliphatic rings. The Morgan fingerprint density at radius 1 is 1.38 bits per heavy atom. The van der Waals surface area contributed by atoms with E-state index in [9.17, 15) is 13.2 Å². The van der Waals surface area contributed by atoms with Crippen LogP contribution in [-0.2, 0) is 25.1 Å². The van der Waals surface area contributed by atoms with Crippen LogP contribution in [0.2, 0.25) is 5.02 Å². The molecule has 4 nitrogen and oxygen atoms in total. The Labute approximate surface area is 130 Å². The summed E-state index contributed by atoms with van der Waals surface area (Å²) >= 11 is 6.09. The summed E-state index contributed by atoms with van der Waals surface area (Å²) in [7, 11) is -1.99. The summed E-state index contributed by atoms with van der Waals surface area (Å²) in [5.74, 6) is -0.426. The van der Waals surface area contributed by atoms with Crippen molar-refractivity contribution in [3.8, 4) is 0 Å². The fourth-order valence-electron chi connectivity index (χ4n) is 2.45. The van der Waals surface area contributed by atoms with Gasteiger partial charge in [-0.2, -0.15) is 0 Å². The van der Waals surface area contributed by atoms with Crippen LogP contribution in [0.15, 0.2) is 18.2 Å². The Bertz CT molecular complexity index is 648. The Balaban J connectivity index is 2.07. The molecule has 0 saturated heterocycles. The zero-order chi connectivity index (χ0) is 15.7. The smallest absolute Gasteiger partial charge is 0.306 e. The zero-order valence-electron chi connectivity index (χ0n) is 12.2. The minimum Gasteiger partial charge on any atom is -0.469 e. The van der Waals surface area contributed by atoms with E-state index in [2.05, 4.69) is 4.74 Å². The molecule has 0 aromatic heterocycles. The molecule has 1 aromatic carbocycles. The van der Waals surface area contributed by atoms with Gasteiger partial charge in [-0.25, -0.2) is 8.42 Å². The van der Waals surface area contributed by atoms with Gasteiger partial charge >= 0.3 is 5.97 Å². The number of carbonyl (C=O) groups is 1. The van der Waals surface area contributed by atoms with Crippen molar-refractivity contribution in [2.75, 3.05) is 12.9 Å². The molecule has 116 valence electrons. The third kappa shape index (κ3) is 4.45. The van der Waals surface area contributed by atoms with Crippen LogP contribution >= 0.6 is 11.6 Å². The average molecular weight is 331 g/mol. The molecule has 1 aromatic rings. The van der Waals surface area contributed by atoms with Crippen LogP contribution in [0.3, 0.4) is 0 Å². The van der Waals surface area contributed by atoms with Gasteiger partial charge in [-0.1, -0.05) is 23.7 Å². The van der Waals surface area contributed by atoms with Gasteiger partial charge < -0.3 is 4.74 Å². The second-order valence-electron chi connectivity index (χ2n) is 5.88. The lowest BCUT2D eigenvalue weighted by molar-refractivity contribution is -0.141. The van der Waals surface area contributed by atoms with Crippen molar-refractivity contribution in [3.63, 3.8) is 0 Å². The van der Waals surface area contributed by atoms with E-state index in [1.54, 1.807) is 12.1 Å². The number of ether oxygens (including phenoxy) is 1. The lowest BCUT2D eigenvalue weighted by Crippen LogP contribution is -2.22. The molecule has 0 spiro atoms. The summed E-state index contributed by atoms with van der Waals surface area (Å²) in [5.41, 5.74) is 1.17. The van der Waals surface area contributed by atoms with Crippen LogP contribution in [0, 0.1) is 12.3 Å². The fourth-order valence-corrected chi connectivity index (χ4v) is 4.98. The topological polar surface area (TPSA) is 60.4 Å². The van der Waals surface area contributed by atoms with E-state index in [-0.39, 0.29) is 23.9 Å². The Morgan fingerprint density at radius 3 is 2.57 bits per heavy atom. The van der Waals surface area contributed by atoms with Gasteiger partial charge in [0.15, 0.2) is 9.84 Å². The highest BCUT2D eigenvalue weighted by molar-refractivity contribution is 7.90. The molecule has 0 radical (unpaired) electrons. The maximum Gasteiger partial charge on any atom is 0.306 e. The molecule has 0 atom stereocenters. The van der Waals surface area contributed by atoms with E-state index in [0.29, 0.717) is 10.6 Å². The van der Waals surface area contributed by atoms with E-state index in [1.807, 2.05) is 13.0 Å². The van der Waals surface area contributed by atoms with Crippen LogP contribution in [0.4, 0.5) is 0 Å². The van der Waals surface area contributed by atoms with Gasteiger partial charge in [0.25, 0.3) is 0 Å². The molecule has 0 unspecified atom stereocenters. The number of carbonyl (C=O) groups excluding carboxylic acids is 1. The maximum atomic E-state index is 12.4. The van der Waals surface area contributed by atoms with Gasteiger partial charge in [0.2, 0.25) is 0 Å². The van der Waals surface area contributed by atoms with Gasteiger partial charge in [0, 0.05) is 5.02 Å². The first-order valence-electron chi connectivity index (χ1n) is 6.78. The molecule has 0 N–H and O–H groups in total. The molecule has 0 heterocycles. The number of hydrogen-bond acceptors (Lipinski definition) is 4. The first-order valence-corrected chi connectivity index (χ1v) is 8.97. The van der Waals surface area contributed by atoms with Gasteiger partial charge in [0.1, 0.15) is 0 Å². The maximum absolute atomic E-state index is 12.4. The van der Waals surface area contributed by atoms with Gasteiger partial charge in [-0.15, -0.1) is 0 Å². The van der Waals surface area contributed by atoms with Gasteiger partial charge in [-0.05, 0) is 42.4 Å². The number of methoxy groups -OCH3 is 1. The molecule has 0 bridgehead atoms. The van der Waals surface area contributed by atoms with Crippen LogP contribution in [0.5, 0.6) is 0 Å². The summed E-state index contributed by atoms with van der Waals surface area (Å²) in [6, 6.07) is 5.35. The molecule has 0 aliphatic heterocycles. The van der Waals surface area contributed by atoms with Gasteiger partial charge in [0.05, 0.1) is 25.0 Å². The number of rotatable bonds is 6. The summed E-state index contributed by atoms with van der Waals surface area (Å²) in [5, 5.41) is 0.469. The van der Waals surface area contributed by atoms with E-state index in [4.69, 9.17) is 11.6 Å². The third-order valence-corrected chi connectivity index (χ3v) is 5.97. The van der Waals surface area contributed by atoms with Gasteiger partial charge in [-0.3, -0.25) is 4.79 Å². The quantitative estimate of drug-likeness (QED) is 0.752. The predicted octanol–water partition coefficient (Wildman–Crippen LogP) is 2.91. The van der Waals surface area contributed by atoms with E-state index in [0.717, 1.165) is 18.4 Å². The predicted molar refractivity (Wildman–Crippen MR) is 82.0 cm³/mol. The molecule has 1 fully saturated rings. The number of sulfone groups is 1. The number of aryl methyl sites for hydroxylation is 1. The molecule has 1 saturated carbocycles. The second kappa shape index (κ2) is 5.97. The minimum atomic E-state index is -3.31. The lowest BCUT2D eigenvalue weighted by atomic mass is 10.1. The number of halogens is 1.